The first-order valence-electron chi connectivity index (χ1n) is 6.27. The third kappa shape index (κ3) is 3.74. The molecule has 1 aromatic carbocycles. The zero-order valence-corrected chi connectivity index (χ0v) is 11.5. The van der Waals surface area contributed by atoms with Gasteiger partial charge in [0, 0.05) is 6.42 Å². The van der Waals surface area contributed by atoms with E-state index in [-0.39, 0.29) is 6.10 Å². The van der Waals surface area contributed by atoms with Crippen molar-refractivity contribution < 1.29 is 9.84 Å². The first-order chi connectivity index (χ1) is 7.95. The molecule has 2 nitrogen and oxygen atoms in total. The monoisotopic (exact) mass is 236 g/mol. The van der Waals surface area contributed by atoms with Gasteiger partial charge in [-0.1, -0.05) is 38.5 Å². The highest BCUT2D eigenvalue weighted by molar-refractivity contribution is 5.37. The smallest absolute Gasteiger partial charge is 0.122 e. The van der Waals surface area contributed by atoms with Gasteiger partial charge in [0.2, 0.25) is 0 Å². The van der Waals surface area contributed by atoms with E-state index >= 15 is 0 Å². The van der Waals surface area contributed by atoms with Crippen LogP contribution in [0.3, 0.4) is 0 Å². The molecule has 2 heteroatoms. The highest BCUT2D eigenvalue weighted by atomic mass is 16.5. The minimum absolute atomic E-state index is 0.292. The fourth-order valence-electron chi connectivity index (χ4n) is 1.92. The van der Waals surface area contributed by atoms with E-state index in [9.17, 15) is 5.11 Å². The minimum Gasteiger partial charge on any atom is -0.496 e. The maximum Gasteiger partial charge on any atom is 0.122 e. The van der Waals surface area contributed by atoms with Crippen LogP contribution >= 0.6 is 0 Å². The fraction of sp³-hybridized carbons (Fsp3) is 0.600. The quantitative estimate of drug-likeness (QED) is 0.850. The number of methoxy groups -OCH3 is 1. The van der Waals surface area contributed by atoms with Gasteiger partial charge in [0.05, 0.1) is 13.2 Å². The third-order valence-corrected chi connectivity index (χ3v) is 3.52. The molecule has 1 aromatic rings. The van der Waals surface area contributed by atoms with Crippen LogP contribution in [0.5, 0.6) is 5.75 Å². The first kappa shape index (κ1) is 14.0. The van der Waals surface area contributed by atoms with Crippen LogP contribution in [0.4, 0.5) is 0 Å². The molecule has 96 valence electrons. The van der Waals surface area contributed by atoms with Gasteiger partial charge in [0.15, 0.2) is 0 Å². The van der Waals surface area contributed by atoms with Gasteiger partial charge in [-0.05, 0) is 30.4 Å². The zero-order valence-electron chi connectivity index (χ0n) is 11.5. The van der Waals surface area contributed by atoms with E-state index in [0.717, 1.165) is 11.3 Å². The molecule has 1 rings (SSSR count). The number of rotatable bonds is 5. The highest BCUT2D eigenvalue weighted by Gasteiger charge is 2.19. The van der Waals surface area contributed by atoms with Crippen LogP contribution in [0.1, 0.15) is 31.9 Å². The van der Waals surface area contributed by atoms with E-state index in [1.165, 1.54) is 5.56 Å². The number of aliphatic hydroxyl groups is 1. The molecular weight excluding hydrogens is 212 g/mol. The van der Waals surface area contributed by atoms with Gasteiger partial charge < -0.3 is 9.84 Å². The average Bonchev–Trinajstić information content (AvgIpc) is 2.28. The average molecular weight is 236 g/mol. The molecule has 0 fully saturated rings. The molecule has 2 atom stereocenters. The summed E-state index contributed by atoms with van der Waals surface area (Å²) in [5.41, 5.74) is 2.29. The number of hydrogen-bond donors (Lipinski definition) is 1. The summed E-state index contributed by atoms with van der Waals surface area (Å²) in [6.45, 7) is 8.43. The lowest BCUT2D eigenvalue weighted by atomic mass is 9.88. The summed E-state index contributed by atoms with van der Waals surface area (Å²) in [6, 6.07) is 6.09. The van der Waals surface area contributed by atoms with Crippen molar-refractivity contribution in [3.05, 3.63) is 29.3 Å². The van der Waals surface area contributed by atoms with Crippen LogP contribution in [0, 0.1) is 18.8 Å². The second kappa shape index (κ2) is 6.06. The maximum absolute atomic E-state index is 10.2. The SMILES string of the molecule is COc1ccc(C)cc1CC(O)C(C)C(C)C. The Morgan fingerprint density at radius 1 is 1.24 bits per heavy atom. The number of ether oxygens (including phenoxy) is 1. The van der Waals surface area contributed by atoms with Crippen molar-refractivity contribution in [1.29, 1.82) is 0 Å². The Morgan fingerprint density at radius 3 is 2.41 bits per heavy atom. The van der Waals surface area contributed by atoms with Crippen molar-refractivity contribution in [2.75, 3.05) is 7.11 Å². The van der Waals surface area contributed by atoms with Crippen LogP contribution in [-0.2, 0) is 6.42 Å². The predicted octanol–water partition coefficient (Wildman–Crippen LogP) is 3.20. The summed E-state index contributed by atoms with van der Waals surface area (Å²) in [4.78, 5) is 0. The number of benzene rings is 1. The predicted molar refractivity (Wildman–Crippen MR) is 71.4 cm³/mol. The summed E-state index contributed by atoms with van der Waals surface area (Å²) >= 11 is 0. The molecule has 0 aliphatic rings. The normalized spacial score (nSPS) is 14.8. The lowest BCUT2D eigenvalue weighted by Crippen LogP contribution is -2.24. The summed E-state index contributed by atoms with van der Waals surface area (Å²) in [5.74, 6) is 1.65. The van der Waals surface area contributed by atoms with Crippen molar-refractivity contribution in [2.24, 2.45) is 11.8 Å². The molecule has 0 aliphatic carbocycles. The van der Waals surface area contributed by atoms with Gasteiger partial charge in [0.25, 0.3) is 0 Å². The molecule has 0 amide bonds. The molecule has 0 radical (unpaired) electrons. The number of aryl methyl sites for hydroxylation is 1. The fourth-order valence-corrected chi connectivity index (χ4v) is 1.92. The highest BCUT2D eigenvalue weighted by Crippen LogP contribution is 2.24. The van der Waals surface area contributed by atoms with Gasteiger partial charge >= 0.3 is 0 Å². The standard InChI is InChI=1S/C15H24O2/c1-10(2)12(4)14(16)9-13-8-11(3)6-7-15(13)17-5/h6-8,10,12,14,16H,9H2,1-5H3. The molecule has 0 bridgehead atoms. The Balaban J connectivity index is 2.83. The Kier molecular flexibility index (Phi) is 5.01. The molecular formula is C15H24O2. The summed E-state index contributed by atoms with van der Waals surface area (Å²) in [7, 11) is 1.67. The van der Waals surface area contributed by atoms with Crippen LogP contribution in [0.15, 0.2) is 18.2 Å². The van der Waals surface area contributed by atoms with Crippen LogP contribution < -0.4 is 4.74 Å². The molecule has 0 aromatic heterocycles. The molecule has 0 aliphatic heterocycles. The van der Waals surface area contributed by atoms with Crippen molar-refractivity contribution in [2.45, 2.75) is 40.2 Å². The summed E-state index contributed by atoms with van der Waals surface area (Å²) < 4.78 is 5.33. The Labute approximate surface area is 105 Å². The summed E-state index contributed by atoms with van der Waals surface area (Å²) in [5, 5.41) is 10.2. The van der Waals surface area contributed by atoms with Crippen LogP contribution in [-0.4, -0.2) is 18.3 Å². The maximum atomic E-state index is 10.2. The summed E-state index contributed by atoms with van der Waals surface area (Å²) in [6.07, 6.45) is 0.343. The van der Waals surface area contributed by atoms with E-state index in [1.54, 1.807) is 7.11 Å². The van der Waals surface area contributed by atoms with E-state index in [4.69, 9.17) is 4.74 Å². The Bertz CT molecular complexity index is 358. The lowest BCUT2D eigenvalue weighted by molar-refractivity contribution is 0.0915. The van der Waals surface area contributed by atoms with Crippen LogP contribution in [0.25, 0.3) is 0 Å². The molecule has 0 spiro atoms. The van der Waals surface area contributed by atoms with Gasteiger partial charge in [0.1, 0.15) is 5.75 Å². The Hall–Kier alpha value is -1.02. The van der Waals surface area contributed by atoms with Gasteiger partial charge in [-0.15, -0.1) is 0 Å². The first-order valence-corrected chi connectivity index (χ1v) is 6.27. The topological polar surface area (TPSA) is 29.5 Å². The van der Waals surface area contributed by atoms with Crippen LogP contribution in [0.2, 0.25) is 0 Å². The minimum atomic E-state index is -0.314. The number of aliphatic hydroxyl groups excluding tert-OH is 1. The van der Waals surface area contributed by atoms with E-state index in [1.807, 2.05) is 12.1 Å². The molecule has 17 heavy (non-hydrogen) atoms. The van der Waals surface area contributed by atoms with E-state index in [2.05, 4.69) is 33.8 Å². The number of hydrogen-bond acceptors (Lipinski definition) is 2. The molecule has 0 saturated heterocycles. The van der Waals surface area contributed by atoms with Crippen molar-refractivity contribution >= 4 is 0 Å². The van der Waals surface area contributed by atoms with Crippen molar-refractivity contribution in [3.63, 3.8) is 0 Å². The molecule has 1 N–H and O–H groups in total. The van der Waals surface area contributed by atoms with Crippen molar-refractivity contribution in [1.82, 2.24) is 0 Å². The second-order valence-corrected chi connectivity index (χ2v) is 5.19. The molecule has 0 heterocycles. The van der Waals surface area contributed by atoms with E-state index < -0.39 is 0 Å². The third-order valence-electron chi connectivity index (χ3n) is 3.52. The van der Waals surface area contributed by atoms with E-state index in [0.29, 0.717) is 18.3 Å². The second-order valence-electron chi connectivity index (χ2n) is 5.19. The Morgan fingerprint density at radius 2 is 1.88 bits per heavy atom. The van der Waals surface area contributed by atoms with Gasteiger partial charge in [-0.2, -0.15) is 0 Å². The largest absolute Gasteiger partial charge is 0.496 e. The van der Waals surface area contributed by atoms with Crippen molar-refractivity contribution in [3.8, 4) is 5.75 Å². The lowest BCUT2D eigenvalue weighted by Gasteiger charge is -2.23. The van der Waals surface area contributed by atoms with Gasteiger partial charge in [-0.3, -0.25) is 0 Å². The molecule has 2 unspecified atom stereocenters. The zero-order chi connectivity index (χ0) is 13.0. The van der Waals surface area contributed by atoms with Gasteiger partial charge in [-0.25, -0.2) is 0 Å². The molecule has 0 saturated carbocycles.